The van der Waals surface area contributed by atoms with Crippen LogP contribution in [0.4, 0.5) is 8.78 Å². The molecule has 0 fully saturated rings. The van der Waals surface area contributed by atoms with Crippen LogP contribution >= 0.6 is 85.5 Å². The van der Waals surface area contributed by atoms with Crippen molar-refractivity contribution in [3.63, 3.8) is 0 Å². The van der Waals surface area contributed by atoms with Gasteiger partial charge in [-0.15, -0.1) is 0 Å². The Morgan fingerprint density at radius 3 is 1.62 bits per heavy atom. The number of carbonyl (C=O) groups excluding carboxylic acids is 1. The molecule has 0 bridgehead atoms. The fraction of sp³-hybridized carbons (Fsp3) is 0.163. The van der Waals surface area contributed by atoms with Gasteiger partial charge in [0.15, 0.2) is 18.0 Å². The van der Waals surface area contributed by atoms with Crippen molar-refractivity contribution in [3.8, 4) is 40.8 Å². The number of carbonyl (C=O) groups is 1. The molecule has 5 aromatic carbocycles. The molecule has 0 aliphatic heterocycles. The molecule has 3 unspecified atom stereocenters. The van der Waals surface area contributed by atoms with Crippen LogP contribution in [0, 0.1) is 34.3 Å². The molecule has 3 atom stereocenters. The zero-order valence-corrected chi connectivity index (χ0v) is 48.1. The molecule has 0 amide bonds. The van der Waals surface area contributed by atoms with Gasteiger partial charge in [0.1, 0.15) is 35.0 Å². The van der Waals surface area contributed by atoms with E-state index in [0.29, 0.717) is 53.6 Å². The molecule has 6 aromatic rings. The monoisotopic (exact) mass is 1170 g/mol. The number of nitriles is 2. The van der Waals surface area contributed by atoms with E-state index in [9.17, 15) is 8.78 Å². The van der Waals surface area contributed by atoms with Crippen LogP contribution in [0.2, 0.25) is 30.1 Å². The first-order valence-corrected chi connectivity index (χ1v) is 20.8. The van der Waals surface area contributed by atoms with Crippen LogP contribution in [0.25, 0.3) is 11.4 Å². The minimum atomic E-state index is -0.515. The maximum absolute atomic E-state index is 12.9. The smallest absolute Gasteiger partial charge is 1.00 e. The SMILES string of the molecule is C.CC(Br)C#N.CC(C#N)Oc1ccc(Cl)cc1Cl.CC(Oc1ccc(Cl)cc1Cl)c1nc(-c2ccc(F)cc2)no1.N/C(=N\O)c1ccc(F)cc1.O=CO[O-].Oc1ccc(Cl)cc1Cl.[H-].[K+].[K+]. The second-order valence-electron chi connectivity index (χ2n) is 11.8. The molecule has 0 aliphatic carbocycles. The molecule has 0 saturated carbocycles. The Kier molecular flexibility index (Phi) is 40.4. The summed E-state index contributed by atoms with van der Waals surface area (Å²) in [6.07, 6.45) is -1.02. The van der Waals surface area contributed by atoms with E-state index in [1.54, 1.807) is 75.4 Å². The van der Waals surface area contributed by atoms with Gasteiger partial charge in [-0.25, -0.2) is 8.78 Å². The zero-order chi connectivity index (χ0) is 49.1. The minimum absolute atomic E-state index is 0. The van der Waals surface area contributed by atoms with Gasteiger partial charge in [-0.05, 0) is 124 Å². The number of rotatable bonds is 8. The van der Waals surface area contributed by atoms with Crippen molar-refractivity contribution in [1.82, 2.24) is 10.1 Å². The molecule has 0 spiro atoms. The van der Waals surface area contributed by atoms with Crippen molar-refractivity contribution in [2.75, 3.05) is 0 Å². The standard InChI is InChI=1S/C16H11Cl2FN2O2.C9H7Cl2NO.C7H7FN2O.C6H4Cl2O.C3H4BrN.CH2O3.CH4.2K.H/c1-9(22-14-7-4-11(17)8-13(14)18)16-20-15(21-23-16)10-2-5-12(19)6-3-10;1-6(5-12)13-9-3-2-7(10)4-8(9)11;8-6-3-1-5(2-4-6)7(9)10-11;7-4-1-2-6(9)5(8)3-4;1-3(4)2-5;2-1-4-3;;;;/h2-9H,1H3;2-4,6H,1H3;1-4,11H,(H2,9,10);1-3,9H;3H,1H3;1,3H;1H4;;;/q;;;;;;;2*+1;-1/p-1. The summed E-state index contributed by atoms with van der Waals surface area (Å²) in [4.78, 5) is 15.5. The second kappa shape index (κ2) is 39.3. The van der Waals surface area contributed by atoms with Crippen molar-refractivity contribution < 1.29 is 152 Å². The largest absolute Gasteiger partial charge is 1.00 e. The van der Waals surface area contributed by atoms with Gasteiger partial charge in [-0.1, -0.05) is 103 Å². The first-order chi connectivity index (χ1) is 30.8. The Bertz CT molecular complexity index is 2520. The number of alkyl halides is 1. The van der Waals surface area contributed by atoms with Gasteiger partial charge in [0.05, 0.1) is 26.0 Å². The molecule has 0 radical (unpaired) electrons. The van der Waals surface area contributed by atoms with E-state index in [4.69, 9.17) is 120 Å². The molecular formula is C43H39BrCl6F2K2N6O8. The van der Waals surface area contributed by atoms with E-state index in [-0.39, 0.29) is 157 Å². The number of halogens is 9. The summed E-state index contributed by atoms with van der Waals surface area (Å²) >= 11 is 37.4. The number of hydrogen-bond acceptors (Lipinski definition) is 13. The number of nitrogens with zero attached hydrogens (tertiary/aromatic N) is 5. The van der Waals surface area contributed by atoms with E-state index in [0.717, 1.165) is 0 Å². The third-order valence-corrected chi connectivity index (χ3v) is 8.65. The third kappa shape index (κ3) is 29.1. The van der Waals surface area contributed by atoms with Crippen LogP contribution in [0.5, 0.6) is 17.2 Å². The predicted octanol–water partition coefficient (Wildman–Crippen LogP) is 6.71. The van der Waals surface area contributed by atoms with Crippen molar-refractivity contribution >= 4 is 97.8 Å². The summed E-state index contributed by atoms with van der Waals surface area (Å²) in [5, 5.41) is 51.2. The van der Waals surface area contributed by atoms with Crippen LogP contribution in [0.15, 0.2) is 113 Å². The molecule has 4 N–H and O–H groups in total. The minimum Gasteiger partial charge on any atom is -1.00 e. The number of ether oxygens (including phenoxy) is 2. The molecule has 6 rings (SSSR count). The van der Waals surface area contributed by atoms with E-state index >= 15 is 0 Å². The number of hydrogen-bond donors (Lipinski definition) is 3. The summed E-state index contributed by atoms with van der Waals surface area (Å²) in [6, 6.07) is 29.4. The van der Waals surface area contributed by atoms with Crippen molar-refractivity contribution in [3.05, 3.63) is 156 Å². The van der Waals surface area contributed by atoms with Gasteiger partial charge in [-0.3, -0.25) is 4.79 Å². The van der Waals surface area contributed by atoms with E-state index in [2.05, 4.69) is 36.1 Å². The first-order valence-electron chi connectivity index (χ1n) is 17.6. The average molecular weight is 1180 g/mol. The molecule has 14 nitrogen and oxygen atoms in total. The van der Waals surface area contributed by atoms with E-state index < -0.39 is 12.2 Å². The number of amidine groups is 1. The Morgan fingerprint density at radius 2 is 1.24 bits per heavy atom. The number of oxime groups is 1. The van der Waals surface area contributed by atoms with Gasteiger partial charge in [-0.2, -0.15) is 15.5 Å². The summed E-state index contributed by atoms with van der Waals surface area (Å²) in [5.41, 5.74) is 6.37. The van der Waals surface area contributed by atoms with E-state index in [1.165, 1.54) is 48.5 Å². The van der Waals surface area contributed by atoms with Crippen LogP contribution in [0.3, 0.4) is 0 Å². The van der Waals surface area contributed by atoms with Crippen LogP contribution in [-0.2, 0) is 9.68 Å². The number of phenolic OH excluding ortho intramolecular Hbond substituents is 1. The van der Waals surface area contributed by atoms with Gasteiger partial charge < -0.3 is 41.6 Å². The normalized spacial score (nSPS) is 10.8. The molecule has 1 heterocycles. The molecule has 68 heavy (non-hydrogen) atoms. The number of nitrogens with two attached hydrogens (primary N) is 1. The Morgan fingerprint density at radius 1 is 0.809 bits per heavy atom. The van der Waals surface area contributed by atoms with Gasteiger partial charge in [0.25, 0.3) is 12.4 Å². The third-order valence-electron chi connectivity index (χ3n) is 6.84. The molecular weight excluding hydrogens is 1140 g/mol. The van der Waals surface area contributed by atoms with Crippen LogP contribution < -0.4 is 123 Å². The second-order valence-corrected chi connectivity index (χ2v) is 15.7. The molecule has 25 heteroatoms. The molecule has 1 aromatic heterocycles. The Labute approximate surface area is 516 Å². The van der Waals surface area contributed by atoms with Crippen LogP contribution in [0.1, 0.15) is 47.2 Å². The fourth-order valence-corrected chi connectivity index (χ4v) is 5.19. The number of benzene rings is 5. The maximum atomic E-state index is 12.9. The van der Waals surface area contributed by atoms with Gasteiger partial charge in [0, 0.05) is 26.2 Å². The van der Waals surface area contributed by atoms with E-state index in [1.807, 2.05) is 12.1 Å². The van der Waals surface area contributed by atoms with Gasteiger partial charge in [0.2, 0.25) is 5.82 Å². The number of aromatic hydroxyl groups is 1. The van der Waals surface area contributed by atoms with Crippen molar-refractivity contribution in [2.24, 2.45) is 10.9 Å². The molecule has 0 aliphatic rings. The quantitative estimate of drug-likeness (QED) is 0.0211. The van der Waals surface area contributed by atoms with Crippen molar-refractivity contribution in [1.29, 1.82) is 10.5 Å². The average Bonchev–Trinajstić information content (AvgIpc) is 3.79. The Balaban J connectivity index is -0.000000398. The zero-order valence-electron chi connectivity index (χ0n) is 36.7. The fourth-order valence-electron chi connectivity index (χ4n) is 3.88. The summed E-state index contributed by atoms with van der Waals surface area (Å²) in [5.74, 6) is 0.940. The first kappa shape index (κ1) is 69.9. The topological polar surface area (TPSA) is 233 Å². The maximum Gasteiger partial charge on any atom is 1.00 e. The molecule has 354 valence electrons. The predicted molar refractivity (Wildman–Crippen MR) is 253 cm³/mol. The number of phenols is 1. The van der Waals surface area contributed by atoms with Gasteiger partial charge >= 0.3 is 103 Å². The Hall–Kier alpha value is -2.33. The number of aromatic nitrogens is 2. The summed E-state index contributed by atoms with van der Waals surface area (Å²) < 4.78 is 41.4. The summed E-state index contributed by atoms with van der Waals surface area (Å²) in [6.45, 7) is 5.00. The van der Waals surface area contributed by atoms with Crippen LogP contribution in [-0.4, -0.2) is 43.7 Å². The van der Waals surface area contributed by atoms with Crippen molar-refractivity contribution in [2.45, 2.75) is 45.2 Å². The molecule has 0 saturated heterocycles. The summed E-state index contributed by atoms with van der Waals surface area (Å²) in [7, 11) is 0.